The van der Waals surface area contributed by atoms with Crippen LogP contribution in [-0.2, 0) is 6.18 Å². The van der Waals surface area contributed by atoms with Crippen LogP contribution < -0.4 is 18.9 Å². The molecular weight excluding hydrogens is 379 g/mol. The van der Waals surface area contributed by atoms with Gasteiger partial charge in [0.25, 0.3) is 0 Å². The van der Waals surface area contributed by atoms with Crippen LogP contribution in [0.25, 0.3) is 0 Å². The molecule has 1 heterocycles. The molecule has 0 bridgehead atoms. The van der Waals surface area contributed by atoms with Gasteiger partial charge >= 0.3 is 24.2 Å². The molecule has 0 radical (unpaired) electrons. The molecule has 2 aromatic carbocycles. The van der Waals surface area contributed by atoms with Gasteiger partial charge in [0.1, 0.15) is 17.2 Å². The highest BCUT2D eigenvalue weighted by Gasteiger charge is 2.30. The zero-order chi connectivity index (χ0) is 20.1. The Morgan fingerprint density at radius 1 is 0.679 bits per heavy atom. The van der Waals surface area contributed by atoms with Crippen molar-refractivity contribution in [3.05, 3.63) is 54.1 Å². The molecule has 7 nitrogen and oxygen atoms in total. The number of benzene rings is 2. The standard InChI is InChI=1S/C18H14F3N3O4/c1-25-15-22-16(26-2)24-17(23-15)28-13-8-6-12(7-9-13)27-14-5-3-4-11(10-14)18(19,20)21/h3-10H,1-2H3. The first kappa shape index (κ1) is 19.2. The molecule has 0 fully saturated rings. The third-order valence-electron chi connectivity index (χ3n) is 3.37. The molecule has 0 amide bonds. The smallest absolute Gasteiger partial charge is 0.416 e. The normalized spacial score (nSPS) is 11.0. The monoisotopic (exact) mass is 393 g/mol. The van der Waals surface area contributed by atoms with Crippen LogP contribution >= 0.6 is 0 Å². The fraction of sp³-hybridized carbons (Fsp3) is 0.167. The minimum absolute atomic E-state index is 0.0198. The molecule has 0 saturated heterocycles. The Hall–Kier alpha value is -3.56. The molecule has 0 spiro atoms. The van der Waals surface area contributed by atoms with Crippen molar-refractivity contribution in [2.24, 2.45) is 0 Å². The van der Waals surface area contributed by atoms with E-state index < -0.39 is 11.7 Å². The fourth-order valence-electron chi connectivity index (χ4n) is 2.10. The van der Waals surface area contributed by atoms with Crippen LogP contribution in [0.1, 0.15) is 5.56 Å². The predicted molar refractivity (Wildman–Crippen MR) is 91.0 cm³/mol. The lowest BCUT2D eigenvalue weighted by Crippen LogP contribution is -2.04. The maximum Gasteiger partial charge on any atom is 0.416 e. The number of halogens is 3. The minimum atomic E-state index is -4.44. The van der Waals surface area contributed by atoms with Gasteiger partial charge in [-0.3, -0.25) is 0 Å². The molecule has 146 valence electrons. The van der Waals surface area contributed by atoms with E-state index in [4.69, 9.17) is 18.9 Å². The van der Waals surface area contributed by atoms with Crippen molar-refractivity contribution in [2.75, 3.05) is 14.2 Å². The summed E-state index contributed by atoms with van der Waals surface area (Å²) in [5.74, 6) is 0.764. The third kappa shape index (κ3) is 4.78. The summed E-state index contributed by atoms with van der Waals surface area (Å²) in [5, 5.41) is 0. The quantitative estimate of drug-likeness (QED) is 0.611. The Morgan fingerprint density at radius 2 is 1.21 bits per heavy atom. The van der Waals surface area contributed by atoms with Crippen molar-refractivity contribution in [3.63, 3.8) is 0 Å². The highest BCUT2D eigenvalue weighted by molar-refractivity contribution is 5.38. The number of hydrogen-bond donors (Lipinski definition) is 0. The van der Waals surface area contributed by atoms with Gasteiger partial charge in [-0.05, 0) is 42.5 Å². The van der Waals surface area contributed by atoms with Gasteiger partial charge in [0, 0.05) is 0 Å². The zero-order valence-electron chi connectivity index (χ0n) is 14.7. The van der Waals surface area contributed by atoms with Crippen molar-refractivity contribution in [2.45, 2.75) is 6.18 Å². The lowest BCUT2D eigenvalue weighted by atomic mass is 10.2. The summed E-state index contributed by atoms with van der Waals surface area (Å²) >= 11 is 0. The lowest BCUT2D eigenvalue weighted by molar-refractivity contribution is -0.137. The Morgan fingerprint density at radius 3 is 1.75 bits per heavy atom. The largest absolute Gasteiger partial charge is 0.467 e. The second-order valence-corrected chi connectivity index (χ2v) is 5.29. The first-order valence-electron chi connectivity index (χ1n) is 7.84. The summed E-state index contributed by atoms with van der Waals surface area (Å²) in [6, 6.07) is 10.8. The molecule has 0 aliphatic carbocycles. The molecule has 0 N–H and O–H groups in total. The third-order valence-corrected chi connectivity index (χ3v) is 3.37. The van der Waals surface area contributed by atoms with Crippen molar-refractivity contribution >= 4 is 0 Å². The molecular formula is C18H14F3N3O4. The maximum atomic E-state index is 12.8. The lowest BCUT2D eigenvalue weighted by Gasteiger charge is -2.10. The summed E-state index contributed by atoms with van der Waals surface area (Å²) in [5.41, 5.74) is -0.789. The Kier molecular flexibility index (Phi) is 5.48. The van der Waals surface area contributed by atoms with E-state index in [1.807, 2.05) is 0 Å². The van der Waals surface area contributed by atoms with Crippen LogP contribution in [0.4, 0.5) is 13.2 Å². The van der Waals surface area contributed by atoms with Gasteiger partial charge in [-0.15, -0.1) is 15.0 Å². The van der Waals surface area contributed by atoms with E-state index in [1.165, 1.54) is 38.5 Å². The number of methoxy groups -OCH3 is 2. The van der Waals surface area contributed by atoms with E-state index in [1.54, 1.807) is 12.1 Å². The molecule has 0 aliphatic rings. The number of alkyl halides is 3. The van der Waals surface area contributed by atoms with Crippen LogP contribution in [-0.4, -0.2) is 29.2 Å². The van der Waals surface area contributed by atoms with Crippen LogP contribution in [0, 0.1) is 0 Å². The SMILES string of the molecule is COc1nc(OC)nc(Oc2ccc(Oc3cccc(C(F)(F)F)c3)cc2)n1. The summed E-state index contributed by atoms with van der Waals surface area (Å²) in [6.07, 6.45) is -4.44. The van der Waals surface area contributed by atoms with E-state index in [9.17, 15) is 13.2 Å². The molecule has 1 aromatic heterocycles. The van der Waals surface area contributed by atoms with Gasteiger partial charge in [-0.2, -0.15) is 13.2 Å². The highest BCUT2D eigenvalue weighted by Crippen LogP contribution is 2.33. The maximum absolute atomic E-state index is 12.8. The molecule has 10 heteroatoms. The topological polar surface area (TPSA) is 75.6 Å². The first-order valence-corrected chi connectivity index (χ1v) is 7.84. The number of rotatable bonds is 6. The number of nitrogens with zero attached hydrogens (tertiary/aromatic N) is 3. The summed E-state index contributed by atoms with van der Waals surface area (Å²) < 4.78 is 59.1. The highest BCUT2D eigenvalue weighted by atomic mass is 19.4. The first-order chi connectivity index (χ1) is 13.4. The summed E-state index contributed by atoms with van der Waals surface area (Å²) in [6.45, 7) is 0. The van der Waals surface area contributed by atoms with Gasteiger partial charge in [0.05, 0.1) is 19.8 Å². The van der Waals surface area contributed by atoms with Gasteiger partial charge in [-0.25, -0.2) is 0 Å². The summed E-state index contributed by atoms with van der Waals surface area (Å²) in [4.78, 5) is 11.7. The second kappa shape index (κ2) is 7.99. The van der Waals surface area contributed by atoms with Crippen LogP contribution in [0.3, 0.4) is 0 Å². The van der Waals surface area contributed by atoms with Gasteiger partial charge < -0.3 is 18.9 Å². The van der Waals surface area contributed by atoms with E-state index >= 15 is 0 Å². The summed E-state index contributed by atoms with van der Waals surface area (Å²) in [7, 11) is 2.77. The average Bonchev–Trinajstić information content (AvgIpc) is 2.68. The van der Waals surface area contributed by atoms with E-state index in [2.05, 4.69) is 15.0 Å². The second-order valence-electron chi connectivity index (χ2n) is 5.29. The van der Waals surface area contributed by atoms with Gasteiger partial charge in [-0.1, -0.05) is 6.07 Å². The van der Waals surface area contributed by atoms with E-state index in [0.29, 0.717) is 11.5 Å². The van der Waals surface area contributed by atoms with E-state index in [0.717, 1.165) is 12.1 Å². The Labute approximate surface area is 157 Å². The van der Waals surface area contributed by atoms with Crippen molar-refractivity contribution in [1.82, 2.24) is 15.0 Å². The molecule has 0 saturated carbocycles. The average molecular weight is 393 g/mol. The van der Waals surface area contributed by atoms with Crippen molar-refractivity contribution < 1.29 is 32.1 Å². The van der Waals surface area contributed by atoms with Crippen LogP contribution in [0.15, 0.2) is 48.5 Å². The Bertz CT molecular complexity index is 927. The van der Waals surface area contributed by atoms with Gasteiger partial charge in [0.2, 0.25) is 0 Å². The number of ether oxygens (including phenoxy) is 4. The van der Waals surface area contributed by atoms with Crippen LogP contribution in [0.5, 0.6) is 35.3 Å². The predicted octanol–water partition coefficient (Wildman–Crippen LogP) is 4.49. The van der Waals surface area contributed by atoms with Crippen LogP contribution in [0.2, 0.25) is 0 Å². The Balaban J connectivity index is 1.72. The molecule has 3 rings (SSSR count). The molecule has 0 unspecified atom stereocenters. The fourth-order valence-corrected chi connectivity index (χ4v) is 2.10. The number of aromatic nitrogens is 3. The van der Waals surface area contributed by atoms with E-state index in [-0.39, 0.29) is 23.8 Å². The minimum Gasteiger partial charge on any atom is -0.467 e. The number of hydrogen-bond acceptors (Lipinski definition) is 7. The molecule has 0 aliphatic heterocycles. The molecule has 3 aromatic rings. The van der Waals surface area contributed by atoms with Crippen molar-refractivity contribution in [3.8, 4) is 35.3 Å². The van der Waals surface area contributed by atoms with Crippen molar-refractivity contribution in [1.29, 1.82) is 0 Å². The molecule has 28 heavy (non-hydrogen) atoms. The van der Waals surface area contributed by atoms with Gasteiger partial charge in [0.15, 0.2) is 0 Å². The molecule has 0 atom stereocenters. The zero-order valence-corrected chi connectivity index (χ0v) is 14.7.